The molecule has 0 amide bonds. The van der Waals surface area contributed by atoms with Gasteiger partial charge in [0.1, 0.15) is 0 Å². The molecule has 1 aliphatic heterocycles. The number of likely N-dealkylation sites (tertiary alicyclic amines) is 1. The van der Waals surface area contributed by atoms with Crippen LogP contribution in [0.15, 0.2) is 23.2 Å². The number of halogens is 4. The van der Waals surface area contributed by atoms with E-state index >= 15 is 0 Å². The summed E-state index contributed by atoms with van der Waals surface area (Å²) in [5, 5.41) is 3.24. The van der Waals surface area contributed by atoms with Gasteiger partial charge in [-0.2, -0.15) is 13.2 Å². The molecule has 0 atom stereocenters. The van der Waals surface area contributed by atoms with E-state index in [4.69, 9.17) is 5.73 Å². The van der Waals surface area contributed by atoms with Gasteiger partial charge in [-0.05, 0) is 81.1 Å². The van der Waals surface area contributed by atoms with Gasteiger partial charge < -0.3 is 11.1 Å². The van der Waals surface area contributed by atoms with Crippen LogP contribution in [0.2, 0.25) is 0 Å². The van der Waals surface area contributed by atoms with E-state index in [0.717, 1.165) is 37.8 Å². The smallest absolute Gasteiger partial charge is 0.370 e. The molecule has 1 fully saturated rings. The Morgan fingerprint density at radius 2 is 1.89 bits per heavy atom. The molecule has 2 aliphatic rings. The summed E-state index contributed by atoms with van der Waals surface area (Å²) in [7, 11) is 0. The standard InChI is InChI=1S/C20H29F3N4.HI/c21-20(22,23)14-27-12-9-15(10-13-27)8-11-25-19(24)26-18-7-3-5-16-4-1-2-6-17(16)18;/h3,5,7,15H,1-2,4,6,8-14H2,(H3,24,25,26);1H. The molecule has 158 valence electrons. The lowest BCUT2D eigenvalue weighted by Crippen LogP contribution is -2.40. The summed E-state index contributed by atoms with van der Waals surface area (Å²) in [6.45, 7) is 0.837. The van der Waals surface area contributed by atoms with Crippen LogP contribution in [0.4, 0.5) is 18.9 Å². The molecule has 28 heavy (non-hydrogen) atoms. The van der Waals surface area contributed by atoms with Crippen molar-refractivity contribution in [3.8, 4) is 0 Å². The second-order valence-corrected chi connectivity index (χ2v) is 7.67. The number of nitrogens with two attached hydrogens (primary N) is 1. The largest absolute Gasteiger partial charge is 0.401 e. The van der Waals surface area contributed by atoms with E-state index in [1.54, 1.807) is 0 Å². The van der Waals surface area contributed by atoms with Crippen molar-refractivity contribution >= 4 is 35.6 Å². The van der Waals surface area contributed by atoms with Crippen molar-refractivity contribution in [3.63, 3.8) is 0 Å². The zero-order valence-corrected chi connectivity index (χ0v) is 18.4. The number of fused-ring (bicyclic) bond motifs is 1. The van der Waals surface area contributed by atoms with Gasteiger partial charge in [0, 0.05) is 12.2 Å². The van der Waals surface area contributed by atoms with Gasteiger partial charge in [-0.25, -0.2) is 0 Å². The third-order valence-electron chi connectivity index (χ3n) is 5.59. The average molecular weight is 510 g/mol. The van der Waals surface area contributed by atoms with Gasteiger partial charge in [0.15, 0.2) is 5.96 Å². The summed E-state index contributed by atoms with van der Waals surface area (Å²) in [5.41, 5.74) is 9.84. The predicted molar refractivity (Wildman–Crippen MR) is 118 cm³/mol. The molecule has 0 unspecified atom stereocenters. The molecule has 0 aromatic heterocycles. The number of benzene rings is 1. The first-order valence-electron chi connectivity index (χ1n) is 9.87. The quantitative estimate of drug-likeness (QED) is 0.347. The SMILES string of the molecule is I.NC(=NCCC1CCN(CC(F)(F)F)CC1)Nc1cccc2c1CCCC2. The fourth-order valence-electron chi connectivity index (χ4n) is 4.13. The van der Waals surface area contributed by atoms with Gasteiger partial charge in [0.2, 0.25) is 0 Å². The van der Waals surface area contributed by atoms with Gasteiger partial charge in [0.05, 0.1) is 6.54 Å². The van der Waals surface area contributed by atoms with Gasteiger partial charge in [-0.3, -0.25) is 9.89 Å². The Balaban J connectivity index is 0.00000280. The Labute approximate surface area is 182 Å². The topological polar surface area (TPSA) is 53.6 Å². The summed E-state index contributed by atoms with van der Waals surface area (Å²) in [6.07, 6.45) is 2.99. The first kappa shape index (κ1) is 23.3. The zero-order chi connectivity index (χ0) is 19.3. The summed E-state index contributed by atoms with van der Waals surface area (Å²) in [5.74, 6) is 0.846. The molecule has 0 saturated carbocycles. The normalized spacial score (nSPS) is 19.0. The van der Waals surface area contributed by atoms with E-state index in [-0.39, 0.29) is 24.0 Å². The Kier molecular flexibility index (Phi) is 8.85. The van der Waals surface area contributed by atoms with Crippen molar-refractivity contribution in [1.82, 2.24) is 4.90 Å². The van der Waals surface area contributed by atoms with E-state index in [9.17, 15) is 13.2 Å². The summed E-state index contributed by atoms with van der Waals surface area (Å²) in [4.78, 5) is 5.92. The van der Waals surface area contributed by atoms with Crippen molar-refractivity contribution in [2.75, 3.05) is 31.5 Å². The maximum atomic E-state index is 12.4. The van der Waals surface area contributed by atoms with Crippen LogP contribution >= 0.6 is 24.0 Å². The average Bonchev–Trinajstić information content (AvgIpc) is 2.62. The molecule has 1 saturated heterocycles. The van der Waals surface area contributed by atoms with Gasteiger partial charge in [0.25, 0.3) is 0 Å². The fraction of sp³-hybridized carbons (Fsp3) is 0.650. The number of nitrogens with one attached hydrogen (secondary N) is 1. The van der Waals surface area contributed by atoms with E-state index in [2.05, 4.69) is 22.4 Å². The Morgan fingerprint density at radius 3 is 2.61 bits per heavy atom. The van der Waals surface area contributed by atoms with Crippen LogP contribution in [-0.2, 0) is 12.8 Å². The van der Waals surface area contributed by atoms with Gasteiger partial charge >= 0.3 is 6.18 Å². The number of piperidine rings is 1. The number of nitrogens with zero attached hydrogens (tertiary/aromatic N) is 2. The lowest BCUT2D eigenvalue weighted by Gasteiger charge is -2.32. The molecule has 1 aromatic carbocycles. The van der Waals surface area contributed by atoms with Crippen LogP contribution in [0.25, 0.3) is 0 Å². The number of guanidine groups is 1. The maximum absolute atomic E-state index is 12.4. The number of hydrogen-bond donors (Lipinski definition) is 2. The zero-order valence-electron chi connectivity index (χ0n) is 16.1. The van der Waals surface area contributed by atoms with Crippen LogP contribution < -0.4 is 11.1 Å². The number of hydrogen-bond acceptors (Lipinski definition) is 2. The van der Waals surface area contributed by atoms with Gasteiger partial charge in [-0.15, -0.1) is 24.0 Å². The minimum absolute atomic E-state index is 0. The second kappa shape index (κ2) is 10.7. The fourth-order valence-corrected chi connectivity index (χ4v) is 4.13. The maximum Gasteiger partial charge on any atom is 0.401 e. The third kappa shape index (κ3) is 7.09. The minimum Gasteiger partial charge on any atom is -0.370 e. The van der Waals surface area contributed by atoms with E-state index in [1.165, 1.54) is 28.9 Å². The molecule has 0 spiro atoms. The van der Waals surface area contributed by atoms with Crippen LogP contribution in [0.5, 0.6) is 0 Å². The molecule has 0 bridgehead atoms. The summed E-state index contributed by atoms with van der Waals surface area (Å²) >= 11 is 0. The second-order valence-electron chi connectivity index (χ2n) is 7.67. The molecular weight excluding hydrogens is 480 g/mol. The first-order chi connectivity index (χ1) is 12.9. The molecule has 1 aromatic rings. The molecule has 8 heteroatoms. The molecule has 0 radical (unpaired) electrons. The van der Waals surface area contributed by atoms with E-state index < -0.39 is 12.7 Å². The van der Waals surface area contributed by atoms with Crippen LogP contribution in [0, 0.1) is 5.92 Å². The van der Waals surface area contributed by atoms with Crippen molar-refractivity contribution in [1.29, 1.82) is 0 Å². The Bertz CT molecular complexity index is 655. The van der Waals surface area contributed by atoms with Crippen LogP contribution in [0.3, 0.4) is 0 Å². The lowest BCUT2D eigenvalue weighted by molar-refractivity contribution is -0.148. The molecule has 4 nitrogen and oxygen atoms in total. The Morgan fingerprint density at radius 1 is 1.18 bits per heavy atom. The van der Waals surface area contributed by atoms with Crippen LogP contribution in [0.1, 0.15) is 43.2 Å². The highest BCUT2D eigenvalue weighted by Crippen LogP contribution is 2.28. The minimum atomic E-state index is -4.10. The number of aliphatic imine (C=N–C) groups is 1. The highest BCUT2D eigenvalue weighted by atomic mass is 127. The number of rotatable bonds is 5. The monoisotopic (exact) mass is 510 g/mol. The lowest BCUT2D eigenvalue weighted by atomic mass is 9.90. The highest BCUT2D eigenvalue weighted by molar-refractivity contribution is 14.0. The number of alkyl halides is 3. The molecule has 1 aliphatic carbocycles. The summed E-state index contributed by atoms with van der Waals surface area (Å²) < 4.78 is 37.3. The molecule has 3 rings (SSSR count). The van der Waals surface area contributed by atoms with E-state index in [0.29, 0.717) is 31.5 Å². The van der Waals surface area contributed by atoms with Crippen molar-refractivity contribution < 1.29 is 13.2 Å². The Hall–Kier alpha value is -1.03. The summed E-state index contributed by atoms with van der Waals surface area (Å²) in [6, 6.07) is 6.27. The van der Waals surface area contributed by atoms with Gasteiger partial charge in [-0.1, -0.05) is 12.1 Å². The van der Waals surface area contributed by atoms with Crippen molar-refractivity contribution in [3.05, 3.63) is 29.3 Å². The van der Waals surface area contributed by atoms with E-state index in [1.807, 2.05) is 6.07 Å². The number of anilines is 1. The van der Waals surface area contributed by atoms with Crippen molar-refractivity contribution in [2.45, 2.75) is 51.1 Å². The predicted octanol–water partition coefficient (Wildman–Crippen LogP) is 4.57. The first-order valence-corrected chi connectivity index (χ1v) is 9.87. The van der Waals surface area contributed by atoms with Crippen LogP contribution in [-0.4, -0.2) is 43.2 Å². The molecule has 1 heterocycles. The number of aryl methyl sites for hydroxylation is 1. The molecular formula is C20H30F3IN4. The van der Waals surface area contributed by atoms with Crippen molar-refractivity contribution in [2.24, 2.45) is 16.6 Å². The molecule has 3 N–H and O–H groups in total. The highest BCUT2D eigenvalue weighted by Gasteiger charge is 2.32. The third-order valence-corrected chi connectivity index (χ3v) is 5.59.